The number of nitrogens with zero attached hydrogens (tertiary/aromatic N) is 3. The van der Waals surface area contributed by atoms with Crippen molar-refractivity contribution in [1.29, 1.82) is 0 Å². The summed E-state index contributed by atoms with van der Waals surface area (Å²) in [6, 6.07) is 61.9. The number of piperazine rings is 1. The SMILES string of the molecule is Cc1ccc(C)cc1.c1ccc(N[C@@H]2[C@@H]3N(c4ccccc4)[C@@H]([C@@H](Nc4ccccc4)N3c3ccccc3)N2c2ccccc2)cc1. The minimum absolute atomic E-state index is 0.00132. The van der Waals surface area contributed by atoms with Crippen LogP contribution < -0.4 is 25.3 Å². The van der Waals surface area contributed by atoms with Gasteiger partial charge in [0.1, 0.15) is 24.7 Å². The standard InChI is InChI=1S/C34H31N5.C8H10/c1-6-16-26(17-7-1)35-31-33-38(29-22-12-4-13-23-29)32(36-27-18-8-2-9-19-27)34(37(31)28-20-10-3-11-21-28)39(33)30-24-14-5-15-25-30;1-7-3-5-8(2)6-4-7/h1-25,31-36H;3-6H,1-2H3/t31-,32-,33-,34-;/m0./s1. The Bertz CT molecular complexity index is 1640. The summed E-state index contributed by atoms with van der Waals surface area (Å²) in [6.07, 6.45) is -0.0362. The molecule has 0 radical (unpaired) electrons. The van der Waals surface area contributed by atoms with Crippen molar-refractivity contribution in [3.05, 3.63) is 187 Å². The molecule has 47 heavy (non-hydrogen) atoms. The summed E-state index contributed by atoms with van der Waals surface area (Å²) in [4.78, 5) is 7.66. The Labute approximate surface area is 278 Å². The second-order valence-electron chi connectivity index (χ2n) is 12.1. The maximum Gasteiger partial charge on any atom is 0.145 e. The molecule has 2 aliphatic heterocycles. The Morgan fingerprint density at radius 3 is 0.936 bits per heavy atom. The molecule has 2 N–H and O–H groups in total. The predicted octanol–water partition coefficient (Wildman–Crippen LogP) is 9.37. The largest absolute Gasteiger partial charge is 0.362 e. The van der Waals surface area contributed by atoms with Gasteiger partial charge in [0.05, 0.1) is 0 Å². The first-order valence-electron chi connectivity index (χ1n) is 16.3. The summed E-state index contributed by atoms with van der Waals surface area (Å²) in [5.74, 6) is 0. The van der Waals surface area contributed by atoms with Crippen LogP contribution in [-0.2, 0) is 0 Å². The molecule has 6 aromatic carbocycles. The third kappa shape index (κ3) is 6.38. The number of benzene rings is 6. The number of fused-ring (bicyclic) bond motifs is 2. The van der Waals surface area contributed by atoms with Crippen molar-refractivity contribution in [2.24, 2.45) is 0 Å². The summed E-state index contributed by atoms with van der Waals surface area (Å²) < 4.78 is 0. The fourth-order valence-corrected chi connectivity index (χ4v) is 6.72. The summed E-state index contributed by atoms with van der Waals surface area (Å²) in [6.45, 7) is 4.19. The van der Waals surface area contributed by atoms with Crippen LogP contribution in [0.2, 0.25) is 0 Å². The Balaban J connectivity index is 0.000000386. The van der Waals surface area contributed by atoms with E-state index in [4.69, 9.17) is 0 Å². The lowest BCUT2D eigenvalue weighted by atomic mass is 10.1. The van der Waals surface area contributed by atoms with Crippen LogP contribution in [0.1, 0.15) is 11.1 Å². The van der Waals surface area contributed by atoms with Gasteiger partial charge in [0, 0.05) is 28.4 Å². The average Bonchev–Trinajstić information content (AvgIpc) is 3.62. The summed E-state index contributed by atoms with van der Waals surface area (Å²) in [5, 5.41) is 7.84. The number of para-hydroxylation sites is 5. The third-order valence-corrected chi connectivity index (χ3v) is 8.86. The van der Waals surface area contributed by atoms with Crippen LogP contribution in [0, 0.1) is 13.8 Å². The number of nitrogens with one attached hydrogen (secondary N) is 2. The molecule has 8 rings (SSSR count). The zero-order valence-electron chi connectivity index (χ0n) is 26.9. The van der Waals surface area contributed by atoms with Crippen LogP contribution in [0.5, 0.6) is 0 Å². The van der Waals surface area contributed by atoms with E-state index < -0.39 is 0 Å². The zero-order valence-corrected chi connectivity index (χ0v) is 26.9. The van der Waals surface area contributed by atoms with Crippen LogP contribution in [0.25, 0.3) is 0 Å². The molecule has 2 saturated heterocycles. The van der Waals surface area contributed by atoms with E-state index in [-0.39, 0.29) is 24.7 Å². The minimum atomic E-state index is -0.0194. The van der Waals surface area contributed by atoms with Crippen molar-refractivity contribution < 1.29 is 0 Å². The van der Waals surface area contributed by atoms with E-state index >= 15 is 0 Å². The van der Waals surface area contributed by atoms with E-state index in [9.17, 15) is 0 Å². The van der Waals surface area contributed by atoms with Gasteiger partial charge in [-0.15, -0.1) is 0 Å². The van der Waals surface area contributed by atoms with E-state index in [1.165, 1.54) is 28.2 Å². The van der Waals surface area contributed by atoms with Gasteiger partial charge in [0.2, 0.25) is 0 Å². The Hall–Kier alpha value is -5.68. The number of hydrogen-bond donors (Lipinski definition) is 2. The van der Waals surface area contributed by atoms with E-state index in [2.05, 4.69) is 215 Å². The Morgan fingerprint density at radius 1 is 0.340 bits per heavy atom. The Morgan fingerprint density at radius 2 is 0.617 bits per heavy atom. The molecule has 0 saturated carbocycles. The highest BCUT2D eigenvalue weighted by atomic mass is 15.7. The van der Waals surface area contributed by atoms with Crippen LogP contribution in [0.15, 0.2) is 176 Å². The molecule has 2 heterocycles. The maximum absolute atomic E-state index is 3.92. The second-order valence-corrected chi connectivity index (χ2v) is 12.1. The molecule has 2 aliphatic rings. The molecule has 5 heteroatoms. The lowest BCUT2D eigenvalue weighted by molar-refractivity contribution is 0.489. The monoisotopic (exact) mass is 615 g/mol. The van der Waals surface area contributed by atoms with Gasteiger partial charge >= 0.3 is 0 Å². The van der Waals surface area contributed by atoms with Gasteiger partial charge in [0.25, 0.3) is 0 Å². The predicted molar refractivity (Wildman–Crippen MR) is 198 cm³/mol. The third-order valence-electron chi connectivity index (χ3n) is 8.86. The summed E-state index contributed by atoms with van der Waals surface area (Å²) >= 11 is 0. The number of rotatable bonds is 7. The van der Waals surface area contributed by atoms with Crippen molar-refractivity contribution in [1.82, 2.24) is 0 Å². The first-order chi connectivity index (χ1) is 23.2. The molecule has 4 atom stereocenters. The average molecular weight is 616 g/mol. The lowest BCUT2D eigenvalue weighted by Gasteiger charge is -2.46. The fourth-order valence-electron chi connectivity index (χ4n) is 6.72. The molecule has 0 unspecified atom stereocenters. The Kier molecular flexibility index (Phi) is 8.78. The molecular weight excluding hydrogens is 574 g/mol. The van der Waals surface area contributed by atoms with Gasteiger partial charge in [0.15, 0.2) is 0 Å². The van der Waals surface area contributed by atoms with E-state index in [0.29, 0.717) is 0 Å². The molecule has 5 nitrogen and oxygen atoms in total. The van der Waals surface area contributed by atoms with E-state index in [0.717, 1.165) is 11.4 Å². The number of anilines is 5. The van der Waals surface area contributed by atoms with E-state index in [1.54, 1.807) is 0 Å². The molecule has 6 aromatic rings. The zero-order chi connectivity index (χ0) is 32.0. The van der Waals surface area contributed by atoms with Crippen molar-refractivity contribution in [2.75, 3.05) is 25.3 Å². The smallest absolute Gasteiger partial charge is 0.145 e. The van der Waals surface area contributed by atoms with E-state index in [1.807, 2.05) is 0 Å². The fraction of sp³-hybridized carbons (Fsp3) is 0.143. The topological polar surface area (TPSA) is 33.8 Å². The molecule has 0 aromatic heterocycles. The van der Waals surface area contributed by atoms with Crippen molar-refractivity contribution in [3.63, 3.8) is 0 Å². The molecule has 234 valence electrons. The minimum Gasteiger partial charge on any atom is -0.362 e. The molecule has 0 amide bonds. The molecule has 0 spiro atoms. The van der Waals surface area contributed by atoms with Crippen molar-refractivity contribution in [3.8, 4) is 0 Å². The summed E-state index contributed by atoms with van der Waals surface area (Å²) in [7, 11) is 0. The molecule has 2 bridgehead atoms. The molecule has 0 aliphatic carbocycles. The highest BCUT2D eigenvalue weighted by Gasteiger charge is 2.61. The van der Waals surface area contributed by atoms with Crippen LogP contribution >= 0.6 is 0 Å². The van der Waals surface area contributed by atoms with Gasteiger partial charge in [-0.25, -0.2) is 0 Å². The first kappa shape index (κ1) is 30.0. The van der Waals surface area contributed by atoms with Crippen molar-refractivity contribution >= 4 is 28.4 Å². The maximum atomic E-state index is 3.92. The second kappa shape index (κ2) is 13.8. The van der Waals surface area contributed by atoms with Crippen LogP contribution in [-0.4, -0.2) is 24.7 Å². The van der Waals surface area contributed by atoms with Gasteiger partial charge < -0.3 is 25.3 Å². The quantitative estimate of drug-likeness (QED) is 0.187. The van der Waals surface area contributed by atoms with Gasteiger partial charge in [-0.2, -0.15) is 0 Å². The van der Waals surface area contributed by atoms with Gasteiger partial charge in [-0.3, -0.25) is 0 Å². The highest BCUT2D eigenvalue weighted by molar-refractivity contribution is 5.72. The number of hydrogen-bond acceptors (Lipinski definition) is 5. The van der Waals surface area contributed by atoms with Gasteiger partial charge in [-0.05, 0) is 74.5 Å². The number of aryl methyl sites for hydroxylation is 2. The van der Waals surface area contributed by atoms with Crippen LogP contribution in [0.3, 0.4) is 0 Å². The van der Waals surface area contributed by atoms with Crippen LogP contribution in [0.4, 0.5) is 28.4 Å². The molecular formula is C42H41N5. The lowest BCUT2D eigenvalue weighted by Crippen LogP contribution is -2.63. The molecule has 2 fully saturated rings. The normalized spacial score (nSPS) is 19.6. The first-order valence-corrected chi connectivity index (χ1v) is 16.3. The highest BCUT2D eigenvalue weighted by Crippen LogP contribution is 2.47. The van der Waals surface area contributed by atoms with Gasteiger partial charge in [-0.1, -0.05) is 126 Å². The summed E-state index contributed by atoms with van der Waals surface area (Å²) in [5.41, 5.74) is 8.43. The van der Waals surface area contributed by atoms with Crippen molar-refractivity contribution in [2.45, 2.75) is 38.5 Å².